The van der Waals surface area contributed by atoms with E-state index in [0.717, 1.165) is 30.7 Å². The van der Waals surface area contributed by atoms with Gasteiger partial charge in [0, 0.05) is 49.7 Å². The molecule has 1 aromatic heterocycles. The normalized spacial score (nSPS) is 17.6. The standard InChI is InChI=1S/C17H27N4/c1-21(12-2-3-13-21)14-9-19-8-11-20-10-7-15-16(18)5-4-6-17(15)20/h4-7,10,19H,2-3,8-9,11-14,18H2,1H3/q+1. The van der Waals surface area contributed by atoms with Crippen LogP contribution in [0.4, 0.5) is 5.69 Å². The van der Waals surface area contributed by atoms with Crippen LogP contribution in [0.25, 0.3) is 10.9 Å². The molecule has 2 aromatic rings. The van der Waals surface area contributed by atoms with Crippen LogP contribution in [0.3, 0.4) is 0 Å². The Morgan fingerprint density at radius 2 is 2.00 bits per heavy atom. The minimum Gasteiger partial charge on any atom is -0.398 e. The number of quaternary nitrogens is 1. The lowest BCUT2D eigenvalue weighted by Gasteiger charge is -2.29. The first kappa shape index (κ1) is 14.4. The number of nitrogens with zero attached hydrogens (tertiary/aromatic N) is 2. The molecule has 0 aliphatic carbocycles. The number of anilines is 1. The number of aromatic nitrogens is 1. The zero-order chi connectivity index (χ0) is 14.7. The van der Waals surface area contributed by atoms with E-state index in [0.29, 0.717) is 0 Å². The molecule has 1 saturated heterocycles. The third kappa shape index (κ3) is 3.22. The number of fused-ring (bicyclic) bond motifs is 1. The van der Waals surface area contributed by atoms with E-state index in [4.69, 9.17) is 5.73 Å². The Hall–Kier alpha value is -1.52. The number of benzene rings is 1. The molecule has 1 aromatic carbocycles. The molecule has 0 bridgehead atoms. The van der Waals surface area contributed by atoms with Gasteiger partial charge in [0.1, 0.15) is 0 Å². The van der Waals surface area contributed by atoms with Gasteiger partial charge in [0.2, 0.25) is 0 Å². The highest BCUT2D eigenvalue weighted by molar-refractivity contribution is 5.91. The maximum Gasteiger partial charge on any atom is 0.0911 e. The number of nitrogens with one attached hydrogen (secondary N) is 1. The molecule has 0 spiro atoms. The fourth-order valence-electron chi connectivity index (χ4n) is 3.44. The lowest BCUT2D eigenvalue weighted by Crippen LogP contribution is -2.45. The maximum atomic E-state index is 6.00. The van der Waals surface area contributed by atoms with Crippen molar-refractivity contribution in [2.24, 2.45) is 0 Å². The molecular weight excluding hydrogens is 260 g/mol. The molecule has 0 unspecified atom stereocenters. The first-order valence-electron chi connectivity index (χ1n) is 8.06. The van der Waals surface area contributed by atoms with Gasteiger partial charge in [0.15, 0.2) is 0 Å². The van der Waals surface area contributed by atoms with Crippen molar-refractivity contribution in [3.8, 4) is 0 Å². The SMILES string of the molecule is C[N+]1(CCNCCn2ccc3c(N)cccc32)CCCC1. The van der Waals surface area contributed by atoms with Gasteiger partial charge in [0.25, 0.3) is 0 Å². The molecule has 2 heterocycles. The predicted octanol–water partition coefficient (Wildman–Crippen LogP) is 2.05. The summed E-state index contributed by atoms with van der Waals surface area (Å²) < 4.78 is 3.53. The van der Waals surface area contributed by atoms with Crippen LogP contribution in [0.1, 0.15) is 12.8 Å². The van der Waals surface area contributed by atoms with Crippen LogP contribution < -0.4 is 11.1 Å². The fraction of sp³-hybridized carbons (Fsp3) is 0.529. The molecular formula is C17H27N4+. The summed E-state index contributed by atoms with van der Waals surface area (Å²) in [6, 6.07) is 8.24. The monoisotopic (exact) mass is 287 g/mol. The molecule has 3 N–H and O–H groups in total. The molecule has 4 heteroatoms. The third-order valence-corrected chi connectivity index (χ3v) is 4.85. The van der Waals surface area contributed by atoms with Crippen LogP contribution in [-0.2, 0) is 6.54 Å². The van der Waals surface area contributed by atoms with Crippen LogP contribution in [-0.4, -0.2) is 48.8 Å². The Bertz CT molecular complexity index is 596. The molecule has 0 atom stereocenters. The first-order chi connectivity index (χ1) is 10.2. The Balaban J connectivity index is 1.47. The second-order valence-electron chi connectivity index (χ2n) is 6.54. The summed E-state index contributed by atoms with van der Waals surface area (Å²) in [6.07, 6.45) is 4.93. The summed E-state index contributed by atoms with van der Waals surface area (Å²) in [6.45, 7) is 7.07. The van der Waals surface area contributed by atoms with E-state index in [1.165, 1.54) is 42.5 Å². The van der Waals surface area contributed by atoms with Gasteiger partial charge in [-0.25, -0.2) is 0 Å². The maximum absolute atomic E-state index is 6.00. The summed E-state index contributed by atoms with van der Waals surface area (Å²) in [5, 5.41) is 4.75. The van der Waals surface area contributed by atoms with E-state index in [9.17, 15) is 0 Å². The first-order valence-corrected chi connectivity index (χ1v) is 8.06. The number of hydrogen-bond acceptors (Lipinski definition) is 2. The topological polar surface area (TPSA) is 43.0 Å². The van der Waals surface area contributed by atoms with E-state index >= 15 is 0 Å². The number of hydrogen-bond donors (Lipinski definition) is 2. The highest BCUT2D eigenvalue weighted by Gasteiger charge is 2.25. The van der Waals surface area contributed by atoms with Gasteiger partial charge >= 0.3 is 0 Å². The molecule has 21 heavy (non-hydrogen) atoms. The van der Waals surface area contributed by atoms with E-state index in [1.54, 1.807) is 0 Å². The second kappa shape index (κ2) is 6.08. The lowest BCUT2D eigenvalue weighted by atomic mass is 10.2. The Morgan fingerprint density at radius 3 is 2.81 bits per heavy atom. The number of nitrogens with two attached hydrogens (primary N) is 1. The zero-order valence-electron chi connectivity index (χ0n) is 13.0. The number of likely N-dealkylation sites (N-methyl/N-ethyl adjacent to an activating group) is 1. The van der Waals surface area contributed by atoms with E-state index in [1.807, 2.05) is 12.1 Å². The summed E-state index contributed by atoms with van der Waals surface area (Å²) in [7, 11) is 2.39. The zero-order valence-corrected chi connectivity index (χ0v) is 13.0. The van der Waals surface area contributed by atoms with Gasteiger partial charge in [0.05, 0.1) is 32.2 Å². The molecule has 1 fully saturated rings. The van der Waals surface area contributed by atoms with Crippen molar-refractivity contribution in [1.29, 1.82) is 0 Å². The largest absolute Gasteiger partial charge is 0.398 e. The van der Waals surface area contributed by atoms with Crippen molar-refractivity contribution < 1.29 is 4.48 Å². The Labute approximate surface area is 127 Å². The predicted molar refractivity (Wildman–Crippen MR) is 89.2 cm³/mol. The summed E-state index contributed by atoms with van der Waals surface area (Å²) in [5.74, 6) is 0. The van der Waals surface area contributed by atoms with Gasteiger partial charge in [-0.3, -0.25) is 0 Å². The van der Waals surface area contributed by atoms with E-state index in [2.05, 4.69) is 35.3 Å². The number of rotatable bonds is 6. The quantitative estimate of drug-likeness (QED) is 0.485. The van der Waals surface area contributed by atoms with Crippen LogP contribution >= 0.6 is 0 Å². The van der Waals surface area contributed by atoms with Crippen molar-refractivity contribution in [1.82, 2.24) is 9.88 Å². The molecule has 0 saturated carbocycles. The average Bonchev–Trinajstić information content (AvgIpc) is 3.07. The minimum atomic E-state index is 0.866. The van der Waals surface area contributed by atoms with Gasteiger partial charge < -0.3 is 20.1 Å². The van der Waals surface area contributed by atoms with Gasteiger partial charge in [-0.15, -0.1) is 0 Å². The number of likely N-dealkylation sites (tertiary alicyclic amines) is 1. The van der Waals surface area contributed by atoms with Crippen molar-refractivity contribution in [2.75, 3.05) is 45.5 Å². The van der Waals surface area contributed by atoms with Gasteiger partial charge in [-0.2, -0.15) is 0 Å². The van der Waals surface area contributed by atoms with E-state index in [-0.39, 0.29) is 0 Å². The van der Waals surface area contributed by atoms with Crippen LogP contribution in [0.15, 0.2) is 30.5 Å². The van der Waals surface area contributed by atoms with Crippen LogP contribution in [0, 0.1) is 0 Å². The van der Waals surface area contributed by atoms with Gasteiger partial charge in [-0.1, -0.05) is 6.07 Å². The molecule has 1 aliphatic rings. The minimum absolute atomic E-state index is 0.866. The van der Waals surface area contributed by atoms with Crippen LogP contribution in [0.5, 0.6) is 0 Å². The molecule has 4 nitrogen and oxygen atoms in total. The van der Waals surface area contributed by atoms with Crippen LogP contribution in [0.2, 0.25) is 0 Å². The molecule has 0 radical (unpaired) electrons. The van der Waals surface area contributed by atoms with Crippen molar-refractivity contribution in [3.05, 3.63) is 30.5 Å². The van der Waals surface area contributed by atoms with Crippen molar-refractivity contribution in [2.45, 2.75) is 19.4 Å². The number of nitrogen functional groups attached to an aromatic ring is 1. The lowest BCUT2D eigenvalue weighted by molar-refractivity contribution is -0.896. The molecule has 114 valence electrons. The van der Waals surface area contributed by atoms with Gasteiger partial charge in [-0.05, 0) is 18.2 Å². The molecule has 1 aliphatic heterocycles. The van der Waals surface area contributed by atoms with E-state index < -0.39 is 0 Å². The molecule has 0 amide bonds. The third-order valence-electron chi connectivity index (χ3n) is 4.85. The highest BCUT2D eigenvalue weighted by Crippen LogP contribution is 2.21. The van der Waals surface area contributed by atoms with Crippen molar-refractivity contribution >= 4 is 16.6 Å². The highest BCUT2D eigenvalue weighted by atomic mass is 15.3. The average molecular weight is 287 g/mol. The summed E-state index contributed by atoms with van der Waals surface area (Å²) >= 11 is 0. The molecule has 3 rings (SSSR count). The summed E-state index contributed by atoms with van der Waals surface area (Å²) in [4.78, 5) is 0. The second-order valence-corrected chi connectivity index (χ2v) is 6.54. The Kier molecular flexibility index (Phi) is 4.17. The van der Waals surface area contributed by atoms with Crippen molar-refractivity contribution in [3.63, 3.8) is 0 Å². The fourth-order valence-corrected chi connectivity index (χ4v) is 3.44. The smallest absolute Gasteiger partial charge is 0.0911 e. The Morgan fingerprint density at radius 1 is 1.19 bits per heavy atom. The summed E-state index contributed by atoms with van der Waals surface area (Å²) in [5.41, 5.74) is 8.10.